The average molecular weight is 678 g/mol. The van der Waals surface area contributed by atoms with E-state index in [2.05, 4.69) is 31.9 Å². The third kappa shape index (κ3) is 6.23. The molecule has 0 aliphatic carbocycles. The van der Waals surface area contributed by atoms with Crippen molar-refractivity contribution in [1.29, 1.82) is 0 Å². The Morgan fingerprint density at radius 3 is 2.54 bits per heavy atom. The van der Waals surface area contributed by atoms with Crippen molar-refractivity contribution in [3.63, 3.8) is 0 Å². The average Bonchev–Trinajstić information content (AvgIpc) is 3.19. The molecule has 2 heterocycles. The summed E-state index contributed by atoms with van der Waals surface area (Å²) in [7, 11) is 1.59. The van der Waals surface area contributed by atoms with Gasteiger partial charge in [0.05, 0.1) is 46.1 Å². The summed E-state index contributed by atoms with van der Waals surface area (Å²) in [6.07, 6.45) is 3.15. The zero-order chi connectivity index (χ0) is 28.3. The van der Waals surface area contributed by atoms with E-state index in [1.807, 2.05) is 63.2 Å². The van der Waals surface area contributed by atoms with Gasteiger partial charge in [-0.3, -0.25) is 9.36 Å². The minimum atomic E-state index is -0.708. The lowest BCUT2D eigenvalue weighted by atomic mass is 9.94. The number of carbonyl (C=O) groups excluding carboxylic acids is 1. The number of hydrogen-bond acceptors (Lipinski definition) is 7. The predicted octanol–water partition coefficient (Wildman–Crippen LogP) is 5.90. The highest BCUT2D eigenvalue weighted by Crippen LogP contribution is 2.36. The summed E-state index contributed by atoms with van der Waals surface area (Å²) in [5.41, 5.74) is 2.27. The van der Waals surface area contributed by atoms with E-state index in [0.717, 1.165) is 22.0 Å². The summed E-state index contributed by atoms with van der Waals surface area (Å²) in [5, 5.41) is 0. The number of nitrogens with zero attached hydrogens (tertiary/aromatic N) is 2. The number of hydrogen-bond donors (Lipinski definition) is 0. The van der Waals surface area contributed by atoms with Crippen molar-refractivity contribution in [3.05, 3.63) is 87.4 Å². The maximum Gasteiger partial charge on any atom is 0.338 e. The van der Waals surface area contributed by atoms with Crippen molar-refractivity contribution in [3.8, 4) is 11.5 Å². The van der Waals surface area contributed by atoms with Gasteiger partial charge in [0, 0.05) is 10.0 Å². The summed E-state index contributed by atoms with van der Waals surface area (Å²) >= 11 is 8.38. The Morgan fingerprint density at radius 2 is 1.90 bits per heavy atom. The summed E-state index contributed by atoms with van der Waals surface area (Å²) in [4.78, 5) is 32.8. The maximum absolute atomic E-state index is 14.0. The molecule has 0 spiro atoms. The molecule has 0 radical (unpaired) electrons. The molecule has 0 N–H and O–H groups in total. The molecule has 0 bridgehead atoms. The molecule has 0 saturated carbocycles. The van der Waals surface area contributed by atoms with Gasteiger partial charge in [0.15, 0.2) is 4.80 Å². The van der Waals surface area contributed by atoms with Crippen LogP contribution < -0.4 is 24.4 Å². The fraction of sp³-hybridized carbons (Fsp3) is 0.345. The monoisotopic (exact) mass is 676 g/mol. The highest BCUT2D eigenvalue weighted by atomic mass is 79.9. The van der Waals surface area contributed by atoms with Crippen LogP contribution in [-0.4, -0.2) is 30.4 Å². The number of thiazole rings is 1. The summed E-state index contributed by atoms with van der Waals surface area (Å²) in [6, 6.07) is 10.5. The molecule has 0 amide bonds. The van der Waals surface area contributed by atoms with E-state index in [-0.39, 0.29) is 18.3 Å². The van der Waals surface area contributed by atoms with Crippen LogP contribution in [-0.2, 0) is 9.53 Å². The molecule has 1 aromatic heterocycles. The molecule has 39 heavy (non-hydrogen) atoms. The lowest BCUT2D eigenvalue weighted by Gasteiger charge is -2.26. The van der Waals surface area contributed by atoms with E-state index in [9.17, 15) is 9.59 Å². The van der Waals surface area contributed by atoms with Crippen LogP contribution in [0.25, 0.3) is 6.08 Å². The number of carbonyl (C=O) groups is 1. The van der Waals surface area contributed by atoms with Crippen LogP contribution in [0.2, 0.25) is 0 Å². The van der Waals surface area contributed by atoms with Crippen LogP contribution in [0.5, 0.6) is 11.5 Å². The van der Waals surface area contributed by atoms with Crippen molar-refractivity contribution >= 4 is 55.2 Å². The molecular weight excluding hydrogens is 648 g/mol. The van der Waals surface area contributed by atoms with Gasteiger partial charge in [-0.1, -0.05) is 46.7 Å². The van der Waals surface area contributed by atoms with Crippen LogP contribution in [0, 0.1) is 0 Å². The second-order valence-corrected chi connectivity index (χ2v) is 11.9. The molecule has 1 atom stereocenters. The van der Waals surface area contributed by atoms with Gasteiger partial charge in [-0.05, 0) is 85.1 Å². The minimum Gasteiger partial charge on any atom is -0.496 e. The smallest absolute Gasteiger partial charge is 0.338 e. The molecule has 1 aliphatic heterocycles. The van der Waals surface area contributed by atoms with Gasteiger partial charge in [-0.15, -0.1) is 0 Å². The Balaban J connectivity index is 2.01. The van der Waals surface area contributed by atoms with Gasteiger partial charge >= 0.3 is 5.97 Å². The number of rotatable bonds is 9. The molecule has 3 aromatic rings. The zero-order valence-electron chi connectivity index (χ0n) is 22.4. The lowest BCUT2D eigenvalue weighted by Crippen LogP contribution is -2.40. The number of allylic oxidation sites excluding steroid dienone is 1. The molecule has 4 rings (SSSR count). The van der Waals surface area contributed by atoms with Gasteiger partial charge in [-0.2, -0.15) is 0 Å². The molecule has 0 unspecified atom stereocenters. The van der Waals surface area contributed by atoms with E-state index in [1.54, 1.807) is 18.6 Å². The third-order valence-electron chi connectivity index (χ3n) is 6.00. The summed E-state index contributed by atoms with van der Waals surface area (Å²) in [6.45, 7) is 7.93. The first-order chi connectivity index (χ1) is 18.7. The summed E-state index contributed by atoms with van der Waals surface area (Å²) < 4.78 is 20.5. The number of methoxy groups -OCH3 is 1. The largest absolute Gasteiger partial charge is 0.496 e. The Kier molecular flexibility index (Phi) is 9.51. The highest BCUT2D eigenvalue weighted by molar-refractivity contribution is 9.10. The van der Waals surface area contributed by atoms with E-state index in [1.165, 1.54) is 11.3 Å². The second kappa shape index (κ2) is 12.7. The number of esters is 1. The quantitative estimate of drug-likeness (QED) is 0.264. The molecule has 7 nitrogen and oxygen atoms in total. The molecule has 0 saturated heterocycles. The zero-order valence-corrected chi connectivity index (χ0v) is 26.4. The van der Waals surface area contributed by atoms with Gasteiger partial charge in [0.25, 0.3) is 5.56 Å². The van der Waals surface area contributed by atoms with Crippen molar-refractivity contribution < 1.29 is 19.0 Å². The second-order valence-electron chi connectivity index (χ2n) is 9.16. The first-order valence-electron chi connectivity index (χ1n) is 12.7. The van der Waals surface area contributed by atoms with E-state index < -0.39 is 12.0 Å². The van der Waals surface area contributed by atoms with Crippen molar-refractivity contribution in [2.45, 2.75) is 52.7 Å². The lowest BCUT2D eigenvalue weighted by molar-refractivity contribution is -0.139. The van der Waals surface area contributed by atoms with Crippen molar-refractivity contribution in [2.75, 3.05) is 13.7 Å². The number of aromatic nitrogens is 1. The van der Waals surface area contributed by atoms with Crippen molar-refractivity contribution in [1.82, 2.24) is 4.57 Å². The van der Waals surface area contributed by atoms with Crippen LogP contribution in [0.3, 0.4) is 0 Å². The Labute approximate surface area is 248 Å². The molecule has 2 aromatic carbocycles. The number of benzene rings is 2. The normalized spacial score (nSPS) is 15.3. The SMILES string of the molecule is CCCC1=C(C(=O)OCC)[C@H](c2ccc(OC)c(Br)c2)n2c(s/c(=C/c3cc(Br)ccc3OC(C)C)c2=O)=N1. The highest BCUT2D eigenvalue weighted by Gasteiger charge is 2.34. The Hall–Kier alpha value is -2.69. The van der Waals surface area contributed by atoms with Crippen LogP contribution in [0.15, 0.2) is 66.4 Å². The van der Waals surface area contributed by atoms with Gasteiger partial charge in [-0.25, -0.2) is 9.79 Å². The maximum atomic E-state index is 14.0. The topological polar surface area (TPSA) is 79.1 Å². The Bertz CT molecular complexity index is 1610. The van der Waals surface area contributed by atoms with Gasteiger partial charge in [0.1, 0.15) is 11.5 Å². The van der Waals surface area contributed by atoms with Crippen molar-refractivity contribution in [2.24, 2.45) is 4.99 Å². The molecule has 206 valence electrons. The van der Waals surface area contributed by atoms with Gasteiger partial charge in [0.2, 0.25) is 0 Å². The first-order valence-corrected chi connectivity index (χ1v) is 15.1. The number of halogens is 2. The number of fused-ring (bicyclic) bond motifs is 1. The first kappa shape index (κ1) is 29.3. The van der Waals surface area contributed by atoms with E-state index in [0.29, 0.717) is 43.0 Å². The van der Waals surface area contributed by atoms with Crippen LogP contribution in [0.1, 0.15) is 57.7 Å². The fourth-order valence-corrected chi connectivity index (χ4v) is 6.37. The predicted molar refractivity (Wildman–Crippen MR) is 160 cm³/mol. The third-order valence-corrected chi connectivity index (χ3v) is 8.10. The molecule has 1 aliphatic rings. The molecular formula is C29H30Br2N2O5S. The van der Waals surface area contributed by atoms with Gasteiger partial charge < -0.3 is 14.2 Å². The molecule has 0 fully saturated rings. The number of ether oxygens (including phenoxy) is 3. The minimum absolute atomic E-state index is 0.0307. The van der Waals surface area contributed by atoms with E-state index in [4.69, 9.17) is 19.2 Å². The standard InChI is InChI=1S/C29H30Br2N2O5S/c1-6-8-21-25(28(35)37-7-2)26(17-9-11-23(36-5)20(31)14-17)33-27(34)24(39-29(33)32-21)15-18-13-19(30)10-12-22(18)38-16(3)4/h9-16,26H,6-8H2,1-5H3/b24-15+/t26-/m0/s1. The Morgan fingerprint density at radius 1 is 1.15 bits per heavy atom. The summed E-state index contributed by atoms with van der Waals surface area (Å²) in [5.74, 6) is 0.845. The van der Waals surface area contributed by atoms with E-state index >= 15 is 0 Å². The van der Waals surface area contributed by atoms with Crippen LogP contribution >= 0.6 is 43.2 Å². The van der Waals surface area contributed by atoms with Crippen LogP contribution in [0.4, 0.5) is 0 Å². The fourth-order valence-electron chi connectivity index (χ4n) is 4.42. The molecule has 10 heteroatoms.